The first-order valence-electron chi connectivity index (χ1n) is 19.3. The first-order valence-corrected chi connectivity index (χ1v) is 19.3. The Labute approximate surface area is 336 Å². The average molecular weight is 814 g/mol. The monoisotopic (exact) mass is 813 g/mol. The number of imidazole rings is 1. The number of pyridine rings is 1. The summed E-state index contributed by atoms with van der Waals surface area (Å²) in [5.41, 5.74) is 4.98. The van der Waals surface area contributed by atoms with Crippen LogP contribution in [0.3, 0.4) is 0 Å². The third-order valence-corrected chi connectivity index (χ3v) is 11.3. The summed E-state index contributed by atoms with van der Waals surface area (Å²) in [7, 11) is 1.73. The SMILES string of the molecule is Cn1c(=O)n(C2CCC(=O)NC2=O)c2cccc(N3CCN(CCN4CCN(c5ccc(N6C=C(NC(=O)c7cccc(C(F)(F)F)n7)C(=C=O)N6)cc5)CC4)CC3)c21. The third-order valence-electron chi connectivity index (χ3n) is 11.3. The lowest BCUT2D eigenvalue weighted by atomic mass is 10.1. The number of rotatable bonds is 9. The Morgan fingerprint density at radius 3 is 2.15 bits per heavy atom. The van der Waals surface area contributed by atoms with Crippen LogP contribution in [0.4, 0.5) is 30.2 Å². The number of nitrogens with zero attached hydrogens (tertiary/aromatic N) is 8. The van der Waals surface area contributed by atoms with Gasteiger partial charge in [-0.3, -0.25) is 49.1 Å². The van der Waals surface area contributed by atoms with Crippen LogP contribution in [0.15, 0.2) is 83.1 Å². The number of halogens is 3. The van der Waals surface area contributed by atoms with Crippen molar-refractivity contribution in [2.24, 2.45) is 7.05 Å². The summed E-state index contributed by atoms with van der Waals surface area (Å²) < 4.78 is 42.4. The average Bonchev–Trinajstić information content (AvgIpc) is 3.77. The molecule has 0 spiro atoms. The third kappa shape index (κ3) is 8.04. The van der Waals surface area contributed by atoms with Crippen LogP contribution in [0.5, 0.6) is 0 Å². The maximum atomic E-state index is 13.4. The number of amides is 3. The summed E-state index contributed by atoms with van der Waals surface area (Å²) in [6.07, 6.45) is -2.78. The summed E-state index contributed by atoms with van der Waals surface area (Å²) >= 11 is 0. The molecule has 1 unspecified atom stereocenters. The van der Waals surface area contributed by atoms with Crippen molar-refractivity contribution in [1.82, 2.24) is 40.0 Å². The summed E-state index contributed by atoms with van der Waals surface area (Å²) in [6.45, 7) is 8.69. The van der Waals surface area contributed by atoms with Crippen molar-refractivity contribution in [3.63, 3.8) is 0 Å². The molecule has 3 saturated heterocycles. The number of hydrogen-bond donors (Lipinski definition) is 3. The molecule has 0 radical (unpaired) electrons. The van der Waals surface area contributed by atoms with Gasteiger partial charge in [-0.05, 0) is 55.0 Å². The van der Waals surface area contributed by atoms with E-state index in [0.717, 1.165) is 101 Å². The summed E-state index contributed by atoms with van der Waals surface area (Å²) in [4.78, 5) is 75.1. The van der Waals surface area contributed by atoms with Crippen molar-refractivity contribution in [2.75, 3.05) is 80.3 Å². The van der Waals surface area contributed by atoms with Gasteiger partial charge in [0.25, 0.3) is 5.91 Å². The number of carbonyl (C=O) groups excluding carboxylic acids is 4. The Morgan fingerprint density at radius 1 is 0.864 bits per heavy atom. The predicted molar refractivity (Wildman–Crippen MR) is 212 cm³/mol. The first kappa shape index (κ1) is 39.4. The van der Waals surface area contributed by atoms with Crippen LogP contribution in [0.25, 0.3) is 11.0 Å². The lowest BCUT2D eigenvalue weighted by Gasteiger charge is -2.39. The minimum atomic E-state index is -4.71. The quantitative estimate of drug-likeness (QED) is 0.167. The standard InChI is InChI=1S/C40H42F3N11O5/c1-48-36-31(5-3-6-32(36)54(39(48)59)33-12-13-35(56)46-38(33)58)52-22-18-50(19-23-52)15-14-49-16-20-51(21-17-49)26-8-10-27(11-9-26)53-24-29(30(25-55)47-53)45-37(57)28-4-2-7-34(44-28)40(41,42)43/h2-11,24,33,47H,12-23H2,1H3,(H,45,57)(H,46,56,58). The molecular weight excluding hydrogens is 772 g/mol. The second-order valence-electron chi connectivity index (χ2n) is 14.9. The number of hydrazine groups is 1. The minimum Gasteiger partial charge on any atom is -0.369 e. The number of para-hydroxylation sites is 1. The zero-order valence-corrected chi connectivity index (χ0v) is 32.2. The van der Waals surface area contributed by atoms with E-state index in [1.807, 2.05) is 42.5 Å². The Bertz CT molecular complexity index is 2420. The molecule has 19 heteroatoms. The van der Waals surface area contributed by atoms with Crippen molar-refractivity contribution in [3.05, 3.63) is 100 Å². The van der Waals surface area contributed by atoms with E-state index < -0.39 is 35.4 Å². The number of alkyl halides is 3. The number of benzene rings is 2. The van der Waals surface area contributed by atoms with E-state index in [0.29, 0.717) is 17.6 Å². The van der Waals surface area contributed by atoms with Crippen molar-refractivity contribution in [2.45, 2.75) is 25.1 Å². The van der Waals surface area contributed by atoms with Gasteiger partial charge in [-0.25, -0.2) is 14.6 Å². The number of hydrogen-bond acceptors (Lipinski definition) is 12. The fraction of sp³-hybridized carbons (Fsp3) is 0.375. The van der Waals surface area contributed by atoms with E-state index in [1.54, 1.807) is 17.6 Å². The summed E-state index contributed by atoms with van der Waals surface area (Å²) in [6, 6.07) is 15.7. The van der Waals surface area contributed by atoms with Crippen molar-refractivity contribution in [1.29, 1.82) is 0 Å². The highest BCUT2D eigenvalue weighted by Gasteiger charge is 2.34. The van der Waals surface area contributed by atoms with Crippen LogP contribution in [0, 0.1) is 0 Å². The predicted octanol–water partition coefficient (Wildman–Crippen LogP) is 1.99. The van der Waals surface area contributed by atoms with Gasteiger partial charge in [0.15, 0.2) is 11.6 Å². The van der Waals surface area contributed by atoms with Crippen molar-refractivity contribution >= 4 is 51.8 Å². The van der Waals surface area contributed by atoms with E-state index >= 15 is 0 Å². The molecule has 16 nitrogen and oxygen atoms in total. The van der Waals surface area contributed by atoms with E-state index in [2.05, 4.69) is 40.6 Å². The molecule has 2 aromatic heterocycles. The fourth-order valence-corrected chi connectivity index (χ4v) is 8.08. The second kappa shape index (κ2) is 16.1. The summed E-state index contributed by atoms with van der Waals surface area (Å²) in [5, 5.41) is 6.33. The Hall–Kier alpha value is -6.43. The molecule has 1 atom stereocenters. The zero-order valence-electron chi connectivity index (χ0n) is 32.2. The molecule has 0 bridgehead atoms. The number of piperazine rings is 2. The van der Waals surface area contributed by atoms with E-state index in [-0.39, 0.29) is 29.4 Å². The molecule has 6 heterocycles. The van der Waals surface area contributed by atoms with E-state index in [9.17, 15) is 37.1 Å². The highest BCUT2D eigenvalue weighted by molar-refractivity contribution is 6.00. The topological polar surface area (TPSA) is 160 Å². The van der Waals surface area contributed by atoms with Gasteiger partial charge in [-0.15, -0.1) is 0 Å². The fourth-order valence-electron chi connectivity index (χ4n) is 8.08. The van der Waals surface area contributed by atoms with Gasteiger partial charge in [-0.2, -0.15) is 13.2 Å². The van der Waals surface area contributed by atoms with Crippen molar-refractivity contribution < 1.29 is 32.3 Å². The van der Waals surface area contributed by atoms with Crippen molar-refractivity contribution in [3.8, 4) is 0 Å². The molecule has 59 heavy (non-hydrogen) atoms. The van der Waals surface area contributed by atoms with Gasteiger partial charge in [0.1, 0.15) is 17.4 Å². The number of nitrogens with one attached hydrogen (secondary N) is 3. The second-order valence-corrected chi connectivity index (χ2v) is 14.9. The highest BCUT2D eigenvalue weighted by Crippen LogP contribution is 2.31. The van der Waals surface area contributed by atoms with Crippen LogP contribution in [0.2, 0.25) is 0 Å². The number of imide groups is 1. The number of carbonyl (C=O) groups is 3. The Morgan fingerprint density at radius 2 is 1.51 bits per heavy atom. The molecule has 3 fully saturated rings. The molecule has 2 aromatic carbocycles. The maximum absolute atomic E-state index is 13.4. The molecule has 4 aliphatic rings. The van der Waals surface area contributed by atoms with Crippen LogP contribution >= 0.6 is 0 Å². The van der Waals surface area contributed by atoms with Gasteiger partial charge < -0.3 is 15.1 Å². The van der Waals surface area contributed by atoms with Gasteiger partial charge in [0.05, 0.1) is 34.3 Å². The molecule has 3 amide bonds. The zero-order chi connectivity index (χ0) is 41.4. The molecule has 0 aliphatic carbocycles. The van der Waals surface area contributed by atoms with Gasteiger partial charge >= 0.3 is 11.9 Å². The molecular formula is C40H42F3N11O5. The lowest BCUT2D eigenvalue weighted by Crippen LogP contribution is -2.51. The number of aryl methyl sites for hydroxylation is 1. The number of fused-ring (bicyclic) bond motifs is 1. The highest BCUT2D eigenvalue weighted by atomic mass is 19.4. The van der Waals surface area contributed by atoms with E-state index in [1.165, 1.54) is 15.8 Å². The largest absolute Gasteiger partial charge is 0.433 e. The minimum absolute atomic E-state index is 0.0382. The molecule has 4 aliphatic heterocycles. The smallest absolute Gasteiger partial charge is 0.369 e. The van der Waals surface area contributed by atoms with E-state index in [4.69, 9.17) is 0 Å². The maximum Gasteiger partial charge on any atom is 0.433 e. The van der Waals surface area contributed by atoms with Gasteiger partial charge in [0.2, 0.25) is 11.8 Å². The number of piperidine rings is 1. The van der Waals surface area contributed by atoms with Gasteiger partial charge in [-0.1, -0.05) is 12.1 Å². The van der Waals surface area contributed by atoms with Gasteiger partial charge in [0, 0.05) is 84.6 Å². The Balaban J connectivity index is 0.813. The number of aromatic nitrogens is 3. The van der Waals surface area contributed by atoms with Crippen LogP contribution in [-0.2, 0) is 27.6 Å². The first-order chi connectivity index (χ1) is 28.4. The molecule has 3 N–H and O–H groups in total. The van der Waals surface area contributed by atoms with Crippen LogP contribution in [0.1, 0.15) is 35.1 Å². The number of anilines is 3. The normalized spacial score (nSPS) is 19.5. The Kier molecular flexibility index (Phi) is 10.7. The van der Waals surface area contributed by atoms with Crippen LogP contribution < -0.4 is 36.6 Å². The summed E-state index contributed by atoms with van der Waals surface area (Å²) in [5.74, 6) is 0.0469. The molecule has 8 rings (SSSR count). The van der Waals surface area contributed by atoms with Crippen LogP contribution in [-0.4, -0.2) is 113 Å². The molecule has 0 saturated carbocycles. The molecule has 308 valence electrons. The molecule has 4 aromatic rings. The lowest BCUT2D eigenvalue weighted by molar-refractivity contribution is -0.141.